The van der Waals surface area contributed by atoms with Gasteiger partial charge in [-0.15, -0.1) is 0 Å². The first-order valence-corrected chi connectivity index (χ1v) is 10.7. The van der Waals surface area contributed by atoms with E-state index in [-0.39, 0.29) is 17.7 Å². The highest BCUT2D eigenvalue weighted by molar-refractivity contribution is 5.82. The number of methoxy groups -OCH3 is 1. The summed E-state index contributed by atoms with van der Waals surface area (Å²) in [7, 11) is 1.64. The predicted molar refractivity (Wildman–Crippen MR) is 118 cm³/mol. The summed E-state index contributed by atoms with van der Waals surface area (Å²) in [5, 5.41) is 12.2. The normalized spacial score (nSPS) is 19.6. The number of benzene rings is 1. The van der Waals surface area contributed by atoms with Crippen molar-refractivity contribution in [1.82, 2.24) is 14.0 Å². The Kier molecular flexibility index (Phi) is 4.96. The number of amides is 1. The minimum atomic E-state index is -0.628. The van der Waals surface area contributed by atoms with Gasteiger partial charge in [0.15, 0.2) is 0 Å². The van der Waals surface area contributed by atoms with Crippen molar-refractivity contribution in [1.29, 1.82) is 0 Å². The minimum absolute atomic E-state index is 0.0276. The monoisotopic (exact) mass is 436 g/mol. The maximum absolute atomic E-state index is 13.0. The number of ether oxygens (including phenoxy) is 1. The Balaban J connectivity index is 1.29. The van der Waals surface area contributed by atoms with E-state index in [9.17, 15) is 19.7 Å². The summed E-state index contributed by atoms with van der Waals surface area (Å²) in [5.41, 5.74) is 0.917. The Bertz CT molecular complexity index is 1280. The van der Waals surface area contributed by atoms with Crippen molar-refractivity contribution in [2.75, 3.05) is 20.2 Å². The van der Waals surface area contributed by atoms with Gasteiger partial charge in [-0.05, 0) is 42.7 Å². The third-order valence-electron chi connectivity index (χ3n) is 6.68. The third-order valence-corrected chi connectivity index (χ3v) is 6.68. The fraction of sp³-hybridized carbons (Fsp3) is 0.391. The second-order valence-electron chi connectivity index (χ2n) is 8.60. The molecule has 3 aromatic rings. The summed E-state index contributed by atoms with van der Waals surface area (Å²) < 4.78 is 8.89. The Morgan fingerprint density at radius 2 is 2.03 bits per heavy atom. The summed E-state index contributed by atoms with van der Waals surface area (Å²) in [4.78, 5) is 37.9. The summed E-state index contributed by atoms with van der Waals surface area (Å²) >= 11 is 0. The number of fused-ring (bicyclic) bond motifs is 5. The molecule has 1 amide bonds. The molecule has 166 valence electrons. The molecule has 4 heterocycles. The SMILES string of the molecule is COc1ccc2c(ccn2CCC(=O)N2C[C@H]3C[C@@H](C2)c2ccc([N+](=O)[O-])c(=O)n2C3)c1. The molecule has 9 heteroatoms. The number of aryl methyl sites for hydroxylation is 1. The van der Waals surface area contributed by atoms with Crippen LogP contribution in [0.25, 0.3) is 10.9 Å². The molecule has 2 aliphatic rings. The molecule has 1 aromatic carbocycles. The molecule has 0 unspecified atom stereocenters. The highest BCUT2D eigenvalue weighted by Gasteiger charge is 2.37. The van der Waals surface area contributed by atoms with Crippen LogP contribution in [-0.4, -0.2) is 45.1 Å². The number of carbonyl (C=O) groups excluding carboxylic acids is 1. The van der Waals surface area contributed by atoms with Gasteiger partial charge in [-0.3, -0.25) is 19.7 Å². The molecule has 2 aliphatic heterocycles. The van der Waals surface area contributed by atoms with Crippen molar-refractivity contribution in [3.63, 3.8) is 0 Å². The molecule has 0 radical (unpaired) electrons. The van der Waals surface area contributed by atoms with E-state index in [0.717, 1.165) is 28.8 Å². The number of hydrogen-bond donors (Lipinski definition) is 0. The van der Waals surface area contributed by atoms with Crippen molar-refractivity contribution in [3.8, 4) is 5.75 Å². The van der Waals surface area contributed by atoms with Crippen LogP contribution in [0.1, 0.15) is 24.5 Å². The van der Waals surface area contributed by atoms with Gasteiger partial charge in [-0.25, -0.2) is 0 Å². The number of piperidine rings is 1. The lowest BCUT2D eigenvalue weighted by molar-refractivity contribution is -0.386. The Hall–Kier alpha value is -3.62. The van der Waals surface area contributed by atoms with Crippen LogP contribution < -0.4 is 10.3 Å². The van der Waals surface area contributed by atoms with Gasteiger partial charge >= 0.3 is 11.2 Å². The third kappa shape index (κ3) is 3.43. The number of carbonyl (C=O) groups is 1. The van der Waals surface area contributed by atoms with Crippen molar-refractivity contribution in [3.05, 3.63) is 68.8 Å². The van der Waals surface area contributed by atoms with Crippen molar-refractivity contribution in [2.24, 2.45) is 5.92 Å². The molecule has 1 saturated heterocycles. The number of rotatable bonds is 5. The number of likely N-dealkylation sites (tertiary alicyclic amines) is 1. The highest BCUT2D eigenvalue weighted by atomic mass is 16.6. The lowest BCUT2D eigenvalue weighted by atomic mass is 9.83. The Morgan fingerprint density at radius 3 is 2.81 bits per heavy atom. The maximum atomic E-state index is 13.0. The van der Waals surface area contributed by atoms with Gasteiger partial charge in [0.1, 0.15) is 5.75 Å². The standard InChI is InChI=1S/C23H24N4O5/c1-32-18-2-3-19-16(11-18)6-8-24(19)9-7-22(28)25-12-15-10-17(14-25)20-4-5-21(27(30)31)23(29)26(20)13-15/h2-6,8,11,15,17H,7,9-10,12-14H2,1H3/t15-,17+/m1/s1. The van der Waals surface area contributed by atoms with E-state index in [2.05, 4.69) is 4.57 Å². The molecular weight excluding hydrogens is 412 g/mol. The summed E-state index contributed by atoms with van der Waals surface area (Å²) in [6, 6.07) is 10.9. The average Bonchev–Trinajstić information content (AvgIpc) is 3.19. The molecule has 9 nitrogen and oxygen atoms in total. The van der Waals surface area contributed by atoms with E-state index < -0.39 is 16.2 Å². The minimum Gasteiger partial charge on any atom is -0.497 e. The van der Waals surface area contributed by atoms with Crippen molar-refractivity contribution >= 4 is 22.5 Å². The number of pyridine rings is 1. The molecule has 2 atom stereocenters. The van der Waals surface area contributed by atoms with Gasteiger partial charge in [-0.1, -0.05) is 0 Å². The van der Waals surface area contributed by atoms with Gasteiger partial charge in [0.25, 0.3) is 0 Å². The van der Waals surface area contributed by atoms with E-state index in [1.807, 2.05) is 35.4 Å². The quantitative estimate of drug-likeness (QED) is 0.452. The summed E-state index contributed by atoms with van der Waals surface area (Å²) in [6.07, 6.45) is 3.27. The zero-order valence-corrected chi connectivity index (χ0v) is 17.8. The molecular formula is C23H24N4O5. The molecule has 1 fully saturated rings. The number of hydrogen-bond acceptors (Lipinski definition) is 5. The summed E-state index contributed by atoms with van der Waals surface area (Å²) in [6.45, 7) is 2.12. The van der Waals surface area contributed by atoms with Crippen LogP contribution in [-0.2, 0) is 17.9 Å². The van der Waals surface area contributed by atoms with E-state index in [4.69, 9.17) is 4.74 Å². The zero-order valence-electron chi connectivity index (χ0n) is 17.8. The first-order valence-electron chi connectivity index (χ1n) is 10.7. The number of nitro groups is 1. The van der Waals surface area contributed by atoms with E-state index in [0.29, 0.717) is 32.6 Å². The average molecular weight is 436 g/mol. The van der Waals surface area contributed by atoms with Gasteiger partial charge in [0.05, 0.1) is 12.0 Å². The Labute approximate surface area is 184 Å². The van der Waals surface area contributed by atoms with Crippen LogP contribution in [0.5, 0.6) is 5.75 Å². The van der Waals surface area contributed by atoms with Crippen LogP contribution in [0.15, 0.2) is 47.4 Å². The molecule has 0 saturated carbocycles. The van der Waals surface area contributed by atoms with E-state index in [1.165, 1.54) is 6.07 Å². The zero-order chi connectivity index (χ0) is 22.4. The number of aromatic nitrogens is 2. The van der Waals surface area contributed by atoms with Crippen LogP contribution >= 0.6 is 0 Å². The topological polar surface area (TPSA) is 99.6 Å². The second kappa shape index (κ2) is 7.81. The van der Waals surface area contributed by atoms with Gasteiger partial charge in [0.2, 0.25) is 5.91 Å². The van der Waals surface area contributed by atoms with Crippen LogP contribution in [0.3, 0.4) is 0 Å². The van der Waals surface area contributed by atoms with Gasteiger partial charge < -0.3 is 18.8 Å². The van der Waals surface area contributed by atoms with Crippen molar-refractivity contribution < 1.29 is 14.5 Å². The van der Waals surface area contributed by atoms with Crippen LogP contribution in [0.2, 0.25) is 0 Å². The highest BCUT2D eigenvalue weighted by Crippen LogP contribution is 2.36. The number of nitrogens with zero attached hydrogens (tertiary/aromatic N) is 4. The molecule has 2 aromatic heterocycles. The van der Waals surface area contributed by atoms with E-state index >= 15 is 0 Å². The smallest absolute Gasteiger partial charge is 0.334 e. The molecule has 5 rings (SSSR count). The molecule has 0 spiro atoms. The molecule has 32 heavy (non-hydrogen) atoms. The fourth-order valence-corrected chi connectivity index (χ4v) is 5.15. The second-order valence-corrected chi connectivity index (χ2v) is 8.60. The summed E-state index contributed by atoms with van der Waals surface area (Å²) in [5.74, 6) is 1.05. The molecule has 2 bridgehead atoms. The lowest BCUT2D eigenvalue weighted by Gasteiger charge is -2.42. The molecule has 0 aliphatic carbocycles. The largest absolute Gasteiger partial charge is 0.497 e. The molecule has 0 N–H and O–H groups in total. The van der Waals surface area contributed by atoms with Gasteiger partial charge in [-0.2, -0.15) is 0 Å². The first-order chi connectivity index (χ1) is 15.4. The Morgan fingerprint density at radius 1 is 1.19 bits per heavy atom. The first kappa shape index (κ1) is 20.3. The van der Waals surface area contributed by atoms with E-state index in [1.54, 1.807) is 17.7 Å². The van der Waals surface area contributed by atoms with Crippen LogP contribution in [0, 0.1) is 16.0 Å². The maximum Gasteiger partial charge on any atom is 0.334 e. The van der Waals surface area contributed by atoms with Crippen molar-refractivity contribution in [2.45, 2.75) is 31.8 Å². The fourth-order valence-electron chi connectivity index (χ4n) is 5.15. The predicted octanol–water partition coefficient (Wildman–Crippen LogP) is 2.76. The van der Waals surface area contributed by atoms with Gasteiger partial charge in [0, 0.05) is 67.4 Å². The van der Waals surface area contributed by atoms with Crippen LogP contribution in [0.4, 0.5) is 5.69 Å². The lowest BCUT2D eigenvalue weighted by Crippen LogP contribution is -2.49.